The number of carbonyl (C=O) groups excluding carboxylic acids is 1. The van der Waals surface area contributed by atoms with Gasteiger partial charge in [-0.1, -0.05) is 29.8 Å². The first-order chi connectivity index (χ1) is 8.95. The molecule has 0 aliphatic heterocycles. The lowest BCUT2D eigenvalue weighted by Gasteiger charge is -2.24. The molecule has 0 fully saturated rings. The van der Waals surface area contributed by atoms with Gasteiger partial charge in [0.05, 0.1) is 6.04 Å². The first kappa shape index (κ1) is 15.4. The van der Waals surface area contributed by atoms with Crippen molar-refractivity contribution < 1.29 is 4.79 Å². The molecule has 0 aromatic heterocycles. The average Bonchev–Trinajstić information content (AvgIpc) is 2.38. The van der Waals surface area contributed by atoms with Crippen molar-refractivity contribution in [2.45, 2.75) is 33.4 Å². The second kappa shape index (κ2) is 7.10. The fourth-order valence-corrected chi connectivity index (χ4v) is 1.95. The van der Waals surface area contributed by atoms with E-state index in [1.165, 1.54) is 16.7 Å². The largest absolute Gasteiger partial charge is 0.351 e. The van der Waals surface area contributed by atoms with E-state index in [-0.39, 0.29) is 11.9 Å². The number of aryl methyl sites for hydroxylation is 2. The van der Waals surface area contributed by atoms with E-state index in [0.29, 0.717) is 6.54 Å². The Bertz CT molecular complexity index is 454. The molecule has 0 saturated heterocycles. The maximum absolute atomic E-state index is 11.9. The highest BCUT2D eigenvalue weighted by atomic mass is 16.2. The van der Waals surface area contributed by atoms with E-state index in [2.05, 4.69) is 48.8 Å². The molecule has 1 aromatic rings. The van der Waals surface area contributed by atoms with Gasteiger partial charge < -0.3 is 5.32 Å². The Kier molecular flexibility index (Phi) is 5.77. The van der Waals surface area contributed by atoms with Crippen LogP contribution in [-0.4, -0.2) is 30.4 Å². The van der Waals surface area contributed by atoms with E-state index in [4.69, 9.17) is 0 Å². The molecule has 3 nitrogen and oxygen atoms in total. The van der Waals surface area contributed by atoms with Crippen molar-refractivity contribution in [1.82, 2.24) is 10.2 Å². The normalized spacial score (nSPS) is 12.3. The Morgan fingerprint density at radius 2 is 2.16 bits per heavy atom. The quantitative estimate of drug-likeness (QED) is 0.797. The standard InChI is InChI=1S/C16H24N2O/c1-6-9-17-16(19)14(4)18(5)11-15-8-7-12(2)10-13(15)3/h6-8,10,14H,1,9,11H2,2-5H3,(H,17,19). The number of amides is 1. The monoisotopic (exact) mass is 260 g/mol. The molecule has 1 atom stereocenters. The zero-order chi connectivity index (χ0) is 14.4. The molecule has 0 aliphatic rings. The minimum absolute atomic E-state index is 0.0344. The fraction of sp³-hybridized carbons (Fsp3) is 0.438. The highest BCUT2D eigenvalue weighted by Gasteiger charge is 2.17. The summed E-state index contributed by atoms with van der Waals surface area (Å²) in [5.41, 5.74) is 3.79. The van der Waals surface area contributed by atoms with Crippen molar-refractivity contribution in [1.29, 1.82) is 0 Å². The van der Waals surface area contributed by atoms with Crippen LogP contribution in [0, 0.1) is 13.8 Å². The van der Waals surface area contributed by atoms with Crippen molar-refractivity contribution >= 4 is 5.91 Å². The molecule has 0 radical (unpaired) electrons. The van der Waals surface area contributed by atoms with Crippen LogP contribution in [0.15, 0.2) is 30.9 Å². The van der Waals surface area contributed by atoms with Crippen LogP contribution in [0.1, 0.15) is 23.6 Å². The number of nitrogens with zero attached hydrogens (tertiary/aromatic N) is 1. The maximum Gasteiger partial charge on any atom is 0.237 e. The highest BCUT2D eigenvalue weighted by molar-refractivity contribution is 5.81. The molecule has 0 bridgehead atoms. The smallest absolute Gasteiger partial charge is 0.237 e. The van der Waals surface area contributed by atoms with Gasteiger partial charge in [0.1, 0.15) is 0 Å². The van der Waals surface area contributed by atoms with Gasteiger partial charge in [-0.2, -0.15) is 0 Å². The lowest BCUT2D eigenvalue weighted by atomic mass is 10.0. The van der Waals surface area contributed by atoms with Crippen molar-refractivity contribution in [2.24, 2.45) is 0 Å². The highest BCUT2D eigenvalue weighted by Crippen LogP contribution is 2.13. The van der Waals surface area contributed by atoms with Gasteiger partial charge in [0.2, 0.25) is 5.91 Å². The summed E-state index contributed by atoms with van der Waals surface area (Å²) < 4.78 is 0. The predicted molar refractivity (Wildman–Crippen MR) is 80.1 cm³/mol. The van der Waals surface area contributed by atoms with E-state index < -0.39 is 0 Å². The van der Waals surface area contributed by atoms with Crippen molar-refractivity contribution in [3.8, 4) is 0 Å². The maximum atomic E-state index is 11.9. The molecule has 0 aliphatic carbocycles. The SMILES string of the molecule is C=CCNC(=O)C(C)N(C)Cc1ccc(C)cc1C. The number of likely N-dealkylation sites (N-methyl/N-ethyl adjacent to an activating group) is 1. The van der Waals surface area contributed by atoms with Crippen LogP contribution in [0.4, 0.5) is 0 Å². The molecule has 0 spiro atoms. The van der Waals surface area contributed by atoms with E-state index in [9.17, 15) is 4.79 Å². The van der Waals surface area contributed by atoms with Crippen molar-refractivity contribution in [2.75, 3.05) is 13.6 Å². The van der Waals surface area contributed by atoms with E-state index in [1.54, 1.807) is 6.08 Å². The molecule has 1 amide bonds. The lowest BCUT2D eigenvalue weighted by Crippen LogP contribution is -2.43. The number of benzene rings is 1. The van der Waals surface area contributed by atoms with Crippen LogP contribution in [-0.2, 0) is 11.3 Å². The van der Waals surface area contributed by atoms with Crippen LogP contribution in [0.25, 0.3) is 0 Å². The molecule has 1 rings (SSSR count). The zero-order valence-electron chi connectivity index (χ0n) is 12.4. The van der Waals surface area contributed by atoms with E-state index >= 15 is 0 Å². The van der Waals surface area contributed by atoms with Crippen LogP contribution >= 0.6 is 0 Å². The number of hydrogen-bond donors (Lipinski definition) is 1. The molecule has 1 N–H and O–H groups in total. The van der Waals surface area contributed by atoms with Gasteiger partial charge in [-0.05, 0) is 38.9 Å². The molecule has 19 heavy (non-hydrogen) atoms. The summed E-state index contributed by atoms with van der Waals surface area (Å²) >= 11 is 0. The number of rotatable bonds is 6. The Hall–Kier alpha value is -1.61. The molecule has 1 unspecified atom stereocenters. The third-order valence-electron chi connectivity index (χ3n) is 3.38. The number of nitrogens with one attached hydrogen (secondary N) is 1. The fourth-order valence-electron chi connectivity index (χ4n) is 1.95. The first-order valence-electron chi connectivity index (χ1n) is 6.60. The van der Waals surface area contributed by atoms with Crippen molar-refractivity contribution in [3.05, 3.63) is 47.5 Å². The Labute approximate surface area is 116 Å². The van der Waals surface area contributed by atoms with Crippen molar-refractivity contribution in [3.63, 3.8) is 0 Å². The van der Waals surface area contributed by atoms with Gasteiger partial charge in [0.15, 0.2) is 0 Å². The number of carbonyl (C=O) groups is 1. The predicted octanol–water partition coefficient (Wildman–Crippen LogP) is 2.43. The Morgan fingerprint density at radius 3 is 2.74 bits per heavy atom. The molecule has 104 valence electrons. The minimum Gasteiger partial charge on any atom is -0.351 e. The van der Waals surface area contributed by atoms with Gasteiger partial charge in [0, 0.05) is 13.1 Å². The Balaban J connectivity index is 2.65. The Morgan fingerprint density at radius 1 is 1.47 bits per heavy atom. The minimum atomic E-state index is -0.152. The zero-order valence-corrected chi connectivity index (χ0v) is 12.4. The second-order valence-corrected chi connectivity index (χ2v) is 5.05. The summed E-state index contributed by atoms with van der Waals surface area (Å²) in [5, 5.41) is 2.82. The van der Waals surface area contributed by atoms with Crippen LogP contribution in [0.2, 0.25) is 0 Å². The van der Waals surface area contributed by atoms with Gasteiger partial charge >= 0.3 is 0 Å². The molecule has 0 heterocycles. The van der Waals surface area contributed by atoms with Crippen LogP contribution in [0.3, 0.4) is 0 Å². The molecule has 0 saturated carbocycles. The lowest BCUT2D eigenvalue weighted by molar-refractivity contribution is -0.125. The van der Waals surface area contributed by atoms with Gasteiger partial charge in [-0.3, -0.25) is 9.69 Å². The van der Waals surface area contributed by atoms with E-state index in [0.717, 1.165) is 6.54 Å². The molecular formula is C16H24N2O. The van der Waals surface area contributed by atoms with Crippen LogP contribution < -0.4 is 5.32 Å². The first-order valence-corrected chi connectivity index (χ1v) is 6.60. The van der Waals surface area contributed by atoms with Crippen LogP contribution in [0.5, 0.6) is 0 Å². The van der Waals surface area contributed by atoms with Gasteiger partial charge in [-0.25, -0.2) is 0 Å². The molecule has 3 heteroatoms. The third-order valence-corrected chi connectivity index (χ3v) is 3.38. The summed E-state index contributed by atoms with van der Waals surface area (Å²) in [6, 6.07) is 6.26. The van der Waals surface area contributed by atoms with Gasteiger partial charge in [-0.15, -0.1) is 6.58 Å². The molecule has 1 aromatic carbocycles. The summed E-state index contributed by atoms with van der Waals surface area (Å²) in [6.45, 7) is 11.0. The number of hydrogen-bond acceptors (Lipinski definition) is 2. The second-order valence-electron chi connectivity index (χ2n) is 5.05. The third kappa shape index (κ3) is 4.52. The topological polar surface area (TPSA) is 32.3 Å². The summed E-state index contributed by atoms with van der Waals surface area (Å²) in [4.78, 5) is 13.9. The van der Waals surface area contributed by atoms with E-state index in [1.807, 2.05) is 14.0 Å². The molecular weight excluding hydrogens is 236 g/mol. The summed E-state index contributed by atoms with van der Waals surface area (Å²) in [5.74, 6) is 0.0344. The summed E-state index contributed by atoms with van der Waals surface area (Å²) in [6.07, 6.45) is 1.69. The summed E-state index contributed by atoms with van der Waals surface area (Å²) in [7, 11) is 1.97. The average molecular weight is 260 g/mol. The van der Waals surface area contributed by atoms with Gasteiger partial charge in [0.25, 0.3) is 0 Å².